The van der Waals surface area contributed by atoms with Crippen LogP contribution in [0.1, 0.15) is 12.5 Å². The SMILES string of the molecule is CC(=O)N1CC(C(=O)N2CCN(Cc3ccccc3)[C@H](C(N)=O)C2)C1. The Morgan fingerprint density at radius 2 is 1.72 bits per heavy atom. The Balaban J connectivity index is 1.60. The van der Waals surface area contributed by atoms with Crippen LogP contribution in [0.25, 0.3) is 0 Å². The van der Waals surface area contributed by atoms with E-state index in [-0.39, 0.29) is 17.7 Å². The number of benzene rings is 1. The van der Waals surface area contributed by atoms with E-state index in [4.69, 9.17) is 5.73 Å². The molecule has 2 saturated heterocycles. The predicted molar refractivity (Wildman–Crippen MR) is 92.2 cm³/mol. The number of piperazine rings is 1. The Morgan fingerprint density at radius 1 is 1.04 bits per heavy atom. The van der Waals surface area contributed by atoms with Crippen LogP contribution < -0.4 is 5.73 Å². The minimum atomic E-state index is -0.484. The van der Waals surface area contributed by atoms with Crippen LogP contribution in [0.15, 0.2) is 30.3 Å². The molecular formula is C18H24N4O3. The van der Waals surface area contributed by atoms with Crippen LogP contribution in [0.2, 0.25) is 0 Å². The number of amides is 3. The summed E-state index contributed by atoms with van der Waals surface area (Å²) in [6, 6.07) is 9.43. The second-order valence-corrected chi connectivity index (χ2v) is 6.78. The minimum Gasteiger partial charge on any atom is -0.368 e. The highest BCUT2D eigenvalue weighted by atomic mass is 16.2. The predicted octanol–water partition coefficient (Wildman–Crippen LogP) is -0.337. The van der Waals surface area contributed by atoms with Gasteiger partial charge in [-0.05, 0) is 5.56 Å². The number of likely N-dealkylation sites (tertiary alicyclic amines) is 1. The van der Waals surface area contributed by atoms with Gasteiger partial charge in [0.1, 0.15) is 6.04 Å². The summed E-state index contributed by atoms with van der Waals surface area (Å²) in [6.45, 7) is 4.59. The molecule has 1 aromatic rings. The van der Waals surface area contributed by atoms with E-state index >= 15 is 0 Å². The minimum absolute atomic E-state index is 0.00765. The number of rotatable bonds is 4. The molecule has 2 N–H and O–H groups in total. The van der Waals surface area contributed by atoms with Crippen molar-refractivity contribution in [1.82, 2.24) is 14.7 Å². The summed E-state index contributed by atoms with van der Waals surface area (Å²) in [5, 5.41) is 0. The molecule has 2 heterocycles. The van der Waals surface area contributed by atoms with E-state index in [1.807, 2.05) is 35.2 Å². The van der Waals surface area contributed by atoms with E-state index in [9.17, 15) is 14.4 Å². The molecule has 7 nitrogen and oxygen atoms in total. The van der Waals surface area contributed by atoms with Gasteiger partial charge in [-0.15, -0.1) is 0 Å². The number of hydrogen-bond acceptors (Lipinski definition) is 4. The summed E-state index contributed by atoms with van der Waals surface area (Å²) in [5.41, 5.74) is 6.70. The summed E-state index contributed by atoms with van der Waals surface area (Å²) < 4.78 is 0. The van der Waals surface area contributed by atoms with Crippen LogP contribution in [-0.4, -0.2) is 71.2 Å². The molecule has 3 amide bonds. The Bertz CT molecular complexity index is 658. The monoisotopic (exact) mass is 344 g/mol. The highest BCUT2D eigenvalue weighted by Crippen LogP contribution is 2.21. The molecule has 2 fully saturated rings. The van der Waals surface area contributed by atoms with Crippen LogP contribution in [0.4, 0.5) is 0 Å². The fourth-order valence-electron chi connectivity index (χ4n) is 3.45. The first-order valence-corrected chi connectivity index (χ1v) is 8.57. The maximum absolute atomic E-state index is 12.6. The molecule has 0 aliphatic carbocycles. The molecule has 0 bridgehead atoms. The lowest BCUT2D eigenvalue weighted by molar-refractivity contribution is -0.150. The van der Waals surface area contributed by atoms with Crippen LogP contribution in [0.5, 0.6) is 0 Å². The summed E-state index contributed by atoms with van der Waals surface area (Å²) in [7, 11) is 0. The van der Waals surface area contributed by atoms with Crippen molar-refractivity contribution < 1.29 is 14.4 Å². The van der Waals surface area contributed by atoms with E-state index in [1.54, 1.807) is 9.80 Å². The third-order valence-corrected chi connectivity index (χ3v) is 5.04. The van der Waals surface area contributed by atoms with Crippen molar-refractivity contribution in [3.05, 3.63) is 35.9 Å². The lowest BCUT2D eigenvalue weighted by Crippen LogP contribution is -2.62. The maximum Gasteiger partial charge on any atom is 0.236 e. The van der Waals surface area contributed by atoms with Crippen molar-refractivity contribution in [3.63, 3.8) is 0 Å². The van der Waals surface area contributed by atoms with Crippen molar-refractivity contribution in [2.45, 2.75) is 19.5 Å². The zero-order valence-corrected chi connectivity index (χ0v) is 14.4. The Hall–Kier alpha value is -2.41. The van der Waals surface area contributed by atoms with E-state index in [2.05, 4.69) is 0 Å². The first kappa shape index (κ1) is 17.4. The number of carbonyl (C=O) groups excluding carboxylic acids is 3. The number of nitrogens with zero attached hydrogens (tertiary/aromatic N) is 3. The molecule has 2 aliphatic heterocycles. The van der Waals surface area contributed by atoms with Gasteiger partial charge in [0.05, 0.1) is 5.92 Å². The highest BCUT2D eigenvalue weighted by Gasteiger charge is 2.40. The molecule has 0 unspecified atom stereocenters. The van der Waals surface area contributed by atoms with Gasteiger partial charge < -0.3 is 15.5 Å². The first-order valence-electron chi connectivity index (χ1n) is 8.57. The fourth-order valence-corrected chi connectivity index (χ4v) is 3.45. The lowest BCUT2D eigenvalue weighted by atomic mass is 9.97. The van der Waals surface area contributed by atoms with Crippen LogP contribution >= 0.6 is 0 Å². The summed E-state index contributed by atoms with van der Waals surface area (Å²) in [4.78, 5) is 41.2. The van der Waals surface area contributed by atoms with Crippen molar-refractivity contribution in [2.75, 3.05) is 32.7 Å². The average molecular weight is 344 g/mol. The quantitative estimate of drug-likeness (QED) is 0.810. The van der Waals surface area contributed by atoms with Gasteiger partial charge >= 0.3 is 0 Å². The van der Waals surface area contributed by atoms with Crippen molar-refractivity contribution in [3.8, 4) is 0 Å². The van der Waals surface area contributed by atoms with Gasteiger partial charge in [-0.2, -0.15) is 0 Å². The second kappa shape index (κ2) is 7.23. The maximum atomic E-state index is 12.6. The summed E-state index contributed by atoms with van der Waals surface area (Å²) in [6.07, 6.45) is 0. The zero-order valence-electron chi connectivity index (χ0n) is 14.4. The third-order valence-electron chi connectivity index (χ3n) is 5.04. The smallest absolute Gasteiger partial charge is 0.236 e. The van der Waals surface area contributed by atoms with Gasteiger partial charge in [-0.1, -0.05) is 30.3 Å². The third kappa shape index (κ3) is 3.82. The topological polar surface area (TPSA) is 87.0 Å². The molecule has 0 saturated carbocycles. The highest BCUT2D eigenvalue weighted by molar-refractivity contribution is 5.85. The molecule has 1 atom stereocenters. The van der Waals surface area contributed by atoms with Gasteiger partial charge in [0.2, 0.25) is 17.7 Å². The zero-order chi connectivity index (χ0) is 18.0. The van der Waals surface area contributed by atoms with Crippen LogP contribution in [0, 0.1) is 5.92 Å². The number of nitrogens with two attached hydrogens (primary N) is 1. The van der Waals surface area contributed by atoms with E-state index < -0.39 is 11.9 Å². The number of hydrogen-bond donors (Lipinski definition) is 1. The summed E-state index contributed by atoms with van der Waals surface area (Å²) in [5.74, 6) is -0.555. The standard InChI is InChI=1S/C18H24N4O3/c1-13(23)22-10-15(11-22)18(25)21-8-7-20(16(12-21)17(19)24)9-14-5-3-2-4-6-14/h2-6,15-16H,7-12H2,1H3,(H2,19,24)/t16-/m0/s1. The number of primary amides is 1. The van der Waals surface area contributed by atoms with Gasteiger partial charge in [-0.3, -0.25) is 19.3 Å². The Morgan fingerprint density at radius 3 is 2.32 bits per heavy atom. The molecule has 0 spiro atoms. The Kier molecular flexibility index (Phi) is 5.03. The molecular weight excluding hydrogens is 320 g/mol. The molecule has 2 aliphatic rings. The van der Waals surface area contributed by atoms with Gasteiger partial charge in [0.25, 0.3) is 0 Å². The fraction of sp³-hybridized carbons (Fsp3) is 0.500. The van der Waals surface area contributed by atoms with Gasteiger partial charge in [0.15, 0.2) is 0 Å². The van der Waals surface area contributed by atoms with Crippen molar-refractivity contribution >= 4 is 17.7 Å². The molecule has 1 aromatic carbocycles. The lowest BCUT2D eigenvalue weighted by Gasteiger charge is -2.44. The number of carbonyl (C=O) groups is 3. The molecule has 7 heteroatoms. The average Bonchev–Trinajstić information content (AvgIpc) is 2.54. The van der Waals surface area contributed by atoms with Crippen molar-refractivity contribution in [1.29, 1.82) is 0 Å². The first-order chi connectivity index (χ1) is 12.0. The molecule has 0 radical (unpaired) electrons. The van der Waals surface area contributed by atoms with Crippen LogP contribution in [-0.2, 0) is 20.9 Å². The van der Waals surface area contributed by atoms with Gasteiger partial charge in [-0.25, -0.2) is 0 Å². The molecule has 0 aromatic heterocycles. The second-order valence-electron chi connectivity index (χ2n) is 6.78. The summed E-state index contributed by atoms with van der Waals surface area (Å²) >= 11 is 0. The van der Waals surface area contributed by atoms with E-state index in [0.29, 0.717) is 39.3 Å². The molecule has 134 valence electrons. The van der Waals surface area contributed by atoms with Gasteiger partial charge in [0, 0.05) is 46.2 Å². The molecule has 3 rings (SSSR count). The molecule has 25 heavy (non-hydrogen) atoms. The van der Waals surface area contributed by atoms with E-state index in [1.165, 1.54) is 6.92 Å². The largest absolute Gasteiger partial charge is 0.368 e. The Labute approximate surface area is 147 Å². The normalized spacial score (nSPS) is 21.7. The van der Waals surface area contributed by atoms with E-state index in [0.717, 1.165) is 5.56 Å². The van der Waals surface area contributed by atoms with Crippen LogP contribution in [0.3, 0.4) is 0 Å². The van der Waals surface area contributed by atoms with Crippen molar-refractivity contribution in [2.24, 2.45) is 11.7 Å².